The third-order valence-corrected chi connectivity index (χ3v) is 7.09. The number of aliphatic hydroxyl groups excluding tert-OH is 1. The second-order valence-electron chi connectivity index (χ2n) is 9.82. The summed E-state index contributed by atoms with van der Waals surface area (Å²) in [5, 5.41) is 11.5. The SMILES string of the molecule is Cc1cc(/C(O)=C2\C(=O)C(=O)N(c3ccc(C(F)(F)F)cc3)C2c2ccccc2C)ccc1OCc1ccccc1. The molecule has 1 amide bonds. The van der Waals surface area contributed by atoms with Gasteiger partial charge in [-0.2, -0.15) is 13.2 Å². The lowest BCUT2D eigenvalue weighted by atomic mass is 9.92. The molecule has 0 saturated carbocycles. The van der Waals surface area contributed by atoms with E-state index in [0.717, 1.165) is 40.3 Å². The minimum atomic E-state index is -4.56. The molecule has 1 heterocycles. The fraction of sp³-hybridized carbons (Fsp3) is 0.152. The highest BCUT2D eigenvalue weighted by molar-refractivity contribution is 6.51. The first-order valence-electron chi connectivity index (χ1n) is 12.9. The third kappa shape index (κ3) is 5.45. The summed E-state index contributed by atoms with van der Waals surface area (Å²) >= 11 is 0. The maximum Gasteiger partial charge on any atom is 0.416 e. The minimum absolute atomic E-state index is 0.105. The Morgan fingerprint density at radius 2 is 1.51 bits per heavy atom. The molecular weight excluding hydrogens is 531 g/mol. The Morgan fingerprint density at radius 3 is 2.15 bits per heavy atom. The number of ketones is 1. The summed E-state index contributed by atoms with van der Waals surface area (Å²) in [7, 11) is 0. The zero-order chi connectivity index (χ0) is 29.3. The third-order valence-electron chi connectivity index (χ3n) is 7.09. The molecule has 41 heavy (non-hydrogen) atoms. The van der Waals surface area contributed by atoms with Gasteiger partial charge in [-0.3, -0.25) is 14.5 Å². The first-order chi connectivity index (χ1) is 19.6. The van der Waals surface area contributed by atoms with E-state index in [9.17, 15) is 27.9 Å². The van der Waals surface area contributed by atoms with Crippen LogP contribution in [0.5, 0.6) is 5.75 Å². The molecule has 0 spiro atoms. The molecule has 1 N–H and O–H groups in total. The van der Waals surface area contributed by atoms with Gasteiger partial charge in [-0.25, -0.2) is 0 Å². The number of ether oxygens (including phenoxy) is 1. The lowest BCUT2D eigenvalue weighted by Crippen LogP contribution is -2.29. The maximum atomic E-state index is 13.4. The molecule has 4 aromatic rings. The average molecular weight is 558 g/mol. The fourth-order valence-electron chi connectivity index (χ4n) is 4.95. The summed E-state index contributed by atoms with van der Waals surface area (Å²) in [5.41, 5.74) is 2.37. The van der Waals surface area contributed by atoms with Gasteiger partial charge in [0, 0.05) is 11.3 Å². The highest BCUT2D eigenvalue weighted by atomic mass is 19.4. The molecule has 1 atom stereocenters. The molecule has 0 aliphatic carbocycles. The fourth-order valence-corrected chi connectivity index (χ4v) is 4.95. The lowest BCUT2D eigenvalue weighted by Gasteiger charge is -2.27. The van der Waals surface area contributed by atoms with E-state index in [1.807, 2.05) is 30.3 Å². The number of rotatable bonds is 6. The highest BCUT2D eigenvalue weighted by Gasteiger charge is 2.47. The van der Waals surface area contributed by atoms with Crippen LogP contribution in [0.1, 0.15) is 39.4 Å². The van der Waals surface area contributed by atoms with Gasteiger partial charge < -0.3 is 9.84 Å². The largest absolute Gasteiger partial charge is 0.507 e. The monoisotopic (exact) mass is 557 g/mol. The van der Waals surface area contributed by atoms with Crippen LogP contribution in [0.25, 0.3) is 5.76 Å². The Balaban J connectivity index is 1.56. The molecule has 1 saturated heterocycles. The van der Waals surface area contributed by atoms with Crippen molar-refractivity contribution < 1.29 is 32.6 Å². The number of benzene rings is 4. The van der Waals surface area contributed by atoms with Crippen LogP contribution in [0.2, 0.25) is 0 Å². The van der Waals surface area contributed by atoms with Crippen molar-refractivity contribution in [1.29, 1.82) is 0 Å². The van der Waals surface area contributed by atoms with Gasteiger partial charge in [0.05, 0.1) is 17.2 Å². The molecule has 0 aromatic heterocycles. The molecule has 208 valence electrons. The predicted molar refractivity (Wildman–Crippen MR) is 149 cm³/mol. The Hall–Kier alpha value is -4.85. The number of alkyl halides is 3. The maximum absolute atomic E-state index is 13.4. The van der Waals surface area contributed by atoms with Crippen molar-refractivity contribution in [3.8, 4) is 5.75 Å². The van der Waals surface area contributed by atoms with Crippen molar-refractivity contribution in [3.63, 3.8) is 0 Å². The zero-order valence-electron chi connectivity index (χ0n) is 22.3. The van der Waals surface area contributed by atoms with Crippen LogP contribution in [0.4, 0.5) is 18.9 Å². The molecule has 4 aromatic carbocycles. The van der Waals surface area contributed by atoms with Crippen molar-refractivity contribution in [2.24, 2.45) is 0 Å². The predicted octanol–water partition coefficient (Wildman–Crippen LogP) is 7.53. The number of hydrogen-bond acceptors (Lipinski definition) is 4. The Kier molecular flexibility index (Phi) is 7.41. The van der Waals surface area contributed by atoms with Gasteiger partial charge in [-0.1, -0.05) is 54.6 Å². The Morgan fingerprint density at radius 1 is 0.854 bits per heavy atom. The number of aliphatic hydroxyl groups is 1. The molecular formula is C33H26F3NO4. The minimum Gasteiger partial charge on any atom is -0.507 e. The number of amides is 1. The van der Waals surface area contributed by atoms with Gasteiger partial charge in [0.1, 0.15) is 18.1 Å². The van der Waals surface area contributed by atoms with Gasteiger partial charge in [-0.15, -0.1) is 0 Å². The summed E-state index contributed by atoms with van der Waals surface area (Å²) < 4.78 is 45.5. The van der Waals surface area contributed by atoms with Crippen LogP contribution in [0, 0.1) is 13.8 Å². The van der Waals surface area contributed by atoms with Gasteiger partial charge in [0.2, 0.25) is 0 Å². The summed E-state index contributed by atoms with van der Waals surface area (Å²) in [6.07, 6.45) is -4.56. The van der Waals surface area contributed by atoms with Gasteiger partial charge in [0.25, 0.3) is 11.7 Å². The van der Waals surface area contributed by atoms with E-state index in [1.54, 1.807) is 56.3 Å². The van der Waals surface area contributed by atoms with Crippen LogP contribution < -0.4 is 9.64 Å². The molecule has 8 heteroatoms. The summed E-state index contributed by atoms with van der Waals surface area (Å²) in [5.74, 6) is -1.67. The number of nitrogens with zero attached hydrogens (tertiary/aromatic N) is 1. The van der Waals surface area contributed by atoms with Crippen molar-refractivity contribution in [2.45, 2.75) is 32.7 Å². The van der Waals surface area contributed by atoms with Crippen LogP contribution in [0.15, 0.2) is 103 Å². The molecule has 5 nitrogen and oxygen atoms in total. The van der Waals surface area contributed by atoms with Crippen LogP contribution >= 0.6 is 0 Å². The van der Waals surface area contributed by atoms with E-state index in [2.05, 4.69) is 0 Å². The molecule has 1 unspecified atom stereocenters. The number of carbonyl (C=O) groups is 2. The molecule has 1 aliphatic heterocycles. The quantitative estimate of drug-likeness (QED) is 0.151. The van der Waals surface area contributed by atoms with E-state index >= 15 is 0 Å². The van der Waals surface area contributed by atoms with Crippen LogP contribution in [-0.4, -0.2) is 16.8 Å². The lowest BCUT2D eigenvalue weighted by molar-refractivity contribution is -0.137. The average Bonchev–Trinajstić information content (AvgIpc) is 3.22. The number of hydrogen-bond donors (Lipinski definition) is 1. The van der Waals surface area contributed by atoms with Gasteiger partial charge in [0.15, 0.2) is 0 Å². The number of aryl methyl sites for hydroxylation is 2. The van der Waals surface area contributed by atoms with Crippen molar-refractivity contribution >= 4 is 23.1 Å². The first kappa shape index (κ1) is 27.7. The van der Waals surface area contributed by atoms with E-state index in [0.29, 0.717) is 29.0 Å². The number of halogens is 3. The smallest absolute Gasteiger partial charge is 0.416 e. The second kappa shape index (κ2) is 11.0. The van der Waals surface area contributed by atoms with E-state index in [1.165, 1.54) is 0 Å². The van der Waals surface area contributed by atoms with E-state index in [4.69, 9.17) is 4.74 Å². The first-order valence-corrected chi connectivity index (χ1v) is 12.9. The molecule has 0 bridgehead atoms. The highest BCUT2D eigenvalue weighted by Crippen LogP contribution is 2.44. The number of carbonyl (C=O) groups excluding carboxylic acids is 2. The topological polar surface area (TPSA) is 66.8 Å². The second-order valence-corrected chi connectivity index (χ2v) is 9.82. The molecule has 1 aliphatic rings. The van der Waals surface area contributed by atoms with E-state index in [-0.39, 0.29) is 17.0 Å². The standard InChI is InChI=1S/C33H26F3NO4/c1-20-8-6-7-11-26(20)29-28(31(39)32(40)37(29)25-15-13-24(14-16-25)33(34,35)36)30(38)23-12-17-27(21(2)18-23)41-19-22-9-4-3-5-10-22/h3-18,29,38H,19H2,1-2H3/b30-28+. The van der Waals surface area contributed by atoms with E-state index < -0.39 is 29.5 Å². The Bertz CT molecular complexity index is 1640. The molecule has 0 radical (unpaired) electrons. The summed E-state index contributed by atoms with van der Waals surface area (Å²) in [6.45, 7) is 3.94. The summed E-state index contributed by atoms with van der Waals surface area (Å²) in [4.78, 5) is 27.9. The van der Waals surface area contributed by atoms with Gasteiger partial charge >= 0.3 is 6.18 Å². The Labute approximate surface area is 235 Å². The summed E-state index contributed by atoms with van der Waals surface area (Å²) in [6, 6.07) is 24.6. The van der Waals surface area contributed by atoms with Crippen molar-refractivity contribution in [1.82, 2.24) is 0 Å². The van der Waals surface area contributed by atoms with Crippen molar-refractivity contribution in [3.05, 3.63) is 136 Å². The van der Waals surface area contributed by atoms with Crippen LogP contribution in [-0.2, 0) is 22.4 Å². The zero-order valence-corrected chi connectivity index (χ0v) is 22.3. The van der Waals surface area contributed by atoms with Crippen LogP contribution in [0.3, 0.4) is 0 Å². The molecule has 5 rings (SSSR count). The number of Topliss-reactive ketones (excluding diaryl/α,β-unsaturated/α-hetero) is 1. The number of anilines is 1. The normalized spacial score (nSPS) is 16.7. The van der Waals surface area contributed by atoms with Crippen molar-refractivity contribution in [2.75, 3.05) is 4.90 Å². The molecule has 1 fully saturated rings. The van der Waals surface area contributed by atoms with Gasteiger partial charge in [-0.05, 0) is 78.6 Å².